The van der Waals surface area contributed by atoms with Crippen molar-refractivity contribution in [1.29, 1.82) is 0 Å². The normalized spacial score (nSPS) is 13.2. The van der Waals surface area contributed by atoms with Crippen LogP contribution >= 0.6 is 0 Å². The van der Waals surface area contributed by atoms with E-state index in [1.165, 1.54) is 12.1 Å². The predicted molar refractivity (Wildman–Crippen MR) is 176 cm³/mol. The van der Waals surface area contributed by atoms with Crippen LogP contribution in [0.4, 0.5) is 0 Å². The predicted octanol–water partition coefficient (Wildman–Crippen LogP) is -0.813. The lowest BCUT2D eigenvalue weighted by atomic mass is 10.0. The molecule has 49 heavy (non-hydrogen) atoms. The number of nitrogens with two attached hydrogens (primary N) is 1. The topological polar surface area (TPSA) is 266 Å². The molecule has 5 amide bonds. The van der Waals surface area contributed by atoms with Crippen LogP contribution in [0.25, 0.3) is 0 Å². The number of hydrogen-bond acceptors (Lipinski definition) is 9. The first-order valence-electron chi connectivity index (χ1n) is 15.6. The van der Waals surface area contributed by atoms with Crippen LogP contribution in [0.2, 0.25) is 0 Å². The Bertz CT molecular complexity index is 1450. The van der Waals surface area contributed by atoms with Gasteiger partial charge in [0.15, 0.2) is 0 Å². The minimum Gasteiger partial charge on any atom is -0.508 e. The van der Waals surface area contributed by atoms with E-state index in [1.807, 2.05) is 0 Å². The van der Waals surface area contributed by atoms with Gasteiger partial charge >= 0.3 is 11.9 Å². The van der Waals surface area contributed by atoms with E-state index in [9.17, 15) is 43.8 Å². The summed E-state index contributed by atoms with van der Waals surface area (Å²) in [5.41, 5.74) is 7.27. The van der Waals surface area contributed by atoms with Crippen molar-refractivity contribution in [2.45, 2.75) is 70.1 Å². The molecule has 16 nitrogen and oxygen atoms in total. The Morgan fingerprint density at radius 3 is 1.84 bits per heavy atom. The number of carboxylic acids is 2. The van der Waals surface area contributed by atoms with Crippen molar-refractivity contribution in [2.75, 3.05) is 13.1 Å². The maximum absolute atomic E-state index is 13.5. The number of carbonyl (C=O) groups is 7. The first-order chi connectivity index (χ1) is 23.1. The number of aliphatic carboxylic acids is 2. The van der Waals surface area contributed by atoms with Crippen LogP contribution in [0, 0.1) is 5.92 Å². The summed E-state index contributed by atoms with van der Waals surface area (Å²) in [7, 11) is 0. The van der Waals surface area contributed by atoms with E-state index in [0.29, 0.717) is 11.1 Å². The molecule has 4 atom stereocenters. The quantitative estimate of drug-likeness (QED) is 0.0832. The highest BCUT2D eigenvalue weighted by atomic mass is 16.4. The van der Waals surface area contributed by atoms with Crippen LogP contribution in [0.3, 0.4) is 0 Å². The maximum Gasteiger partial charge on any atom is 0.326 e. The van der Waals surface area contributed by atoms with E-state index >= 15 is 0 Å². The lowest BCUT2D eigenvalue weighted by molar-refractivity contribution is -0.143. The lowest BCUT2D eigenvalue weighted by Gasteiger charge is -2.25. The zero-order valence-electron chi connectivity index (χ0n) is 27.3. The molecule has 0 aliphatic carbocycles. The molecule has 0 unspecified atom stereocenters. The van der Waals surface area contributed by atoms with Gasteiger partial charge in [0.1, 0.15) is 23.9 Å². The second-order valence-corrected chi connectivity index (χ2v) is 11.8. The first kappa shape index (κ1) is 39.7. The Hall–Kier alpha value is -5.51. The standard InChI is InChI=1S/C33H44N6O10/c1-19(2)14-25(31(46)38-24(33(48)49)12-13-29(43)44)39-32(47)26(16-20-6-4-3-5-7-20)37-28(42)18-35-27(41)17-36-30(45)23(34)15-21-8-10-22(40)11-9-21/h3-11,19,23-26,40H,12-18,34H2,1-2H3,(H,35,41)(H,36,45)(H,37,42)(H,38,46)(H,39,47)(H,43,44)(H,48,49)/t23-,24-,25-,26-/m0/s1. The third kappa shape index (κ3) is 15.3. The Morgan fingerprint density at radius 1 is 0.673 bits per heavy atom. The molecule has 0 aliphatic heterocycles. The average Bonchev–Trinajstić information content (AvgIpc) is 3.04. The Morgan fingerprint density at radius 2 is 1.24 bits per heavy atom. The summed E-state index contributed by atoms with van der Waals surface area (Å²) < 4.78 is 0. The van der Waals surface area contributed by atoms with Gasteiger partial charge < -0.3 is 47.6 Å². The smallest absolute Gasteiger partial charge is 0.326 e. The van der Waals surface area contributed by atoms with Gasteiger partial charge in [0, 0.05) is 12.8 Å². The molecule has 0 saturated heterocycles. The molecule has 266 valence electrons. The molecule has 2 aromatic rings. The fraction of sp³-hybridized carbons (Fsp3) is 0.424. The average molecular weight is 685 g/mol. The molecule has 16 heteroatoms. The number of phenolic OH excluding ortho intramolecular Hbond substituents is 1. The van der Waals surface area contributed by atoms with E-state index in [-0.39, 0.29) is 37.4 Å². The van der Waals surface area contributed by atoms with Gasteiger partial charge in [0.25, 0.3) is 0 Å². The fourth-order valence-corrected chi connectivity index (χ4v) is 4.60. The number of carboxylic acid groups (broad SMARTS) is 2. The Labute approximate surface area is 283 Å². The zero-order valence-corrected chi connectivity index (χ0v) is 27.3. The van der Waals surface area contributed by atoms with Crippen LogP contribution in [0.5, 0.6) is 5.75 Å². The van der Waals surface area contributed by atoms with Crippen molar-refractivity contribution >= 4 is 41.5 Å². The molecule has 0 radical (unpaired) electrons. The Kier molecular flexibility index (Phi) is 16.2. The molecule has 0 aromatic heterocycles. The minimum absolute atomic E-state index is 0.00766. The molecule has 2 rings (SSSR count). The van der Waals surface area contributed by atoms with E-state index in [0.717, 1.165) is 0 Å². The van der Waals surface area contributed by atoms with Crippen molar-refractivity contribution in [1.82, 2.24) is 26.6 Å². The van der Waals surface area contributed by atoms with E-state index in [1.54, 1.807) is 56.3 Å². The molecule has 0 aliphatic rings. The largest absolute Gasteiger partial charge is 0.508 e. The van der Waals surface area contributed by atoms with Gasteiger partial charge in [-0.05, 0) is 48.4 Å². The number of phenols is 1. The highest BCUT2D eigenvalue weighted by Gasteiger charge is 2.30. The van der Waals surface area contributed by atoms with Gasteiger partial charge in [0.2, 0.25) is 29.5 Å². The minimum atomic E-state index is -1.50. The van der Waals surface area contributed by atoms with Gasteiger partial charge in [-0.3, -0.25) is 28.8 Å². The van der Waals surface area contributed by atoms with Gasteiger partial charge in [-0.15, -0.1) is 0 Å². The number of aromatic hydroxyl groups is 1. The molecule has 0 saturated carbocycles. The van der Waals surface area contributed by atoms with Crippen molar-refractivity contribution in [3.63, 3.8) is 0 Å². The van der Waals surface area contributed by atoms with Crippen molar-refractivity contribution in [3.05, 3.63) is 65.7 Å². The second kappa shape index (κ2) is 20.0. The molecule has 0 fully saturated rings. The van der Waals surface area contributed by atoms with E-state index < -0.39 is 85.2 Å². The van der Waals surface area contributed by atoms with Crippen LogP contribution < -0.4 is 32.3 Å². The summed E-state index contributed by atoms with van der Waals surface area (Å²) in [5, 5.41) is 39.9. The molecular weight excluding hydrogens is 640 g/mol. The lowest BCUT2D eigenvalue weighted by Crippen LogP contribution is -2.57. The zero-order chi connectivity index (χ0) is 36.5. The summed E-state index contributed by atoms with van der Waals surface area (Å²) in [6, 6.07) is 9.90. The number of hydrogen-bond donors (Lipinski definition) is 9. The van der Waals surface area contributed by atoms with Crippen LogP contribution in [0.15, 0.2) is 54.6 Å². The third-order valence-electron chi connectivity index (χ3n) is 7.13. The van der Waals surface area contributed by atoms with Gasteiger partial charge in [0.05, 0.1) is 19.1 Å². The monoisotopic (exact) mass is 684 g/mol. The summed E-state index contributed by atoms with van der Waals surface area (Å²) in [4.78, 5) is 86.7. The summed E-state index contributed by atoms with van der Waals surface area (Å²) >= 11 is 0. The van der Waals surface area contributed by atoms with Gasteiger partial charge in [-0.1, -0.05) is 56.3 Å². The van der Waals surface area contributed by atoms with Crippen molar-refractivity contribution < 1.29 is 48.9 Å². The highest BCUT2D eigenvalue weighted by Crippen LogP contribution is 2.11. The maximum atomic E-state index is 13.5. The molecule has 0 bridgehead atoms. The van der Waals surface area contributed by atoms with Crippen LogP contribution in [0.1, 0.15) is 44.2 Å². The number of amides is 5. The second-order valence-electron chi connectivity index (χ2n) is 11.8. The number of carbonyl (C=O) groups excluding carboxylic acids is 5. The summed E-state index contributed by atoms with van der Waals surface area (Å²) in [5.74, 6) is -6.37. The van der Waals surface area contributed by atoms with E-state index in [2.05, 4.69) is 26.6 Å². The first-order valence-corrected chi connectivity index (χ1v) is 15.6. The van der Waals surface area contributed by atoms with E-state index in [4.69, 9.17) is 10.8 Å². The van der Waals surface area contributed by atoms with Crippen molar-refractivity contribution in [2.24, 2.45) is 11.7 Å². The highest BCUT2D eigenvalue weighted by molar-refractivity contribution is 5.95. The fourth-order valence-electron chi connectivity index (χ4n) is 4.60. The number of benzene rings is 2. The number of nitrogens with one attached hydrogen (secondary N) is 5. The molecule has 0 heterocycles. The molecular formula is C33H44N6O10. The SMILES string of the molecule is CC(C)C[C@H](NC(=O)[C@H](Cc1ccccc1)NC(=O)CNC(=O)CNC(=O)[C@@H](N)Cc1ccc(O)cc1)C(=O)N[C@@H](CCC(=O)O)C(=O)O. The molecule has 10 N–H and O–H groups in total. The Balaban J connectivity index is 2.02. The molecule has 2 aromatic carbocycles. The summed E-state index contributed by atoms with van der Waals surface area (Å²) in [6.07, 6.45) is -0.594. The van der Waals surface area contributed by atoms with Gasteiger partial charge in [-0.25, -0.2) is 4.79 Å². The van der Waals surface area contributed by atoms with Gasteiger partial charge in [-0.2, -0.15) is 0 Å². The van der Waals surface area contributed by atoms with Crippen molar-refractivity contribution in [3.8, 4) is 5.75 Å². The number of rotatable bonds is 20. The summed E-state index contributed by atoms with van der Waals surface area (Å²) in [6.45, 7) is 2.54. The van der Waals surface area contributed by atoms with Crippen LogP contribution in [-0.4, -0.2) is 94.1 Å². The molecule has 0 spiro atoms. The third-order valence-corrected chi connectivity index (χ3v) is 7.13. The van der Waals surface area contributed by atoms with Crippen LogP contribution in [-0.2, 0) is 46.4 Å².